The molecule has 0 bridgehead atoms. The van der Waals surface area contributed by atoms with Gasteiger partial charge in [0.1, 0.15) is 5.02 Å². The summed E-state index contributed by atoms with van der Waals surface area (Å²) in [6.07, 6.45) is 9.36. The van der Waals surface area contributed by atoms with Crippen molar-refractivity contribution in [2.45, 2.75) is 56.9 Å². The van der Waals surface area contributed by atoms with Gasteiger partial charge in [-0.05, 0) is 25.5 Å². The second-order valence-electron chi connectivity index (χ2n) is 5.21. The number of aromatic nitrogens is 2. The van der Waals surface area contributed by atoms with Crippen molar-refractivity contribution in [1.82, 2.24) is 9.78 Å². The third-order valence-electron chi connectivity index (χ3n) is 3.80. The van der Waals surface area contributed by atoms with Gasteiger partial charge in [0, 0.05) is 17.8 Å². The van der Waals surface area contributed by atoms with Crippen LogP contribution in [0.15, 0.2) is 11.0 Å². The molecule has 0 amide bonds. The van der Waals surface area contributed by atoms with Gasteiger partial charge in [0.15, 0.2) is 0 Å². The maximum Gasteiger partial charge on any atom is 0.287 e. The zero-order valence-electron chi connectivity index (χ0n) is 12.1. The van der Waals surface area contributed by atoms with E-state index >= 15 is 0 Å². The maximum atomic E-state index is 12.1. The summed E-state index contributed by atoms with van der Waals surface area (Å²) in [5, 5.41) is 8.48. The first-order chi connectivity index (χ1) is 9.67. The van der Waals surface area contributed by atoms with E-state index in [1.54, 1.807) is 6.20 Å². The quantitative estimate of drug-likeness (QED) is 0.874. The van der Waals surface area contributed by atoms with Gasteiger partial charge in [-0.2, -0.15) is 16.9 Å². The van der Waals surface area contributed by atoms with Crippen molar-refractivity contribution in [2.24, 2.45) is 0 Å². The molecule has 0 saturated heterocycles. The van der Waals surface area contributed by atoms with E-state index in [1.807, 2.05) is 11.8 Å². The zero-order chi connectivity index (χ0) is 14.5. The highest BCUT2D eigenvalue weighted by molar-refractivity contribution is 7.99. The molecule has 1 aromatic rings. The van der Waals surface area contributed by atoms with Crippen molar-refractivity contribution >= 4 is 29.1 Å². The van der Waals surface area contributed by atoms with Gasteiger partial charge in [-0.25, -0.2) is 4.68 Å². The normalized spacial score (nSPS) is 22.1. The van der Waals surface area contributed by atoms with E-state index in [1.165, 1.54) is 17.5 Å². The topological polar surface area (TPSA) is 46.9 Å². The molecule has 4 nitrogen and oxygen atoms in total. The highest BCUT2D eigenvalue weighted by Gasteiger charge is 2.27. The average Bonchev–Trinajstić information content (AvgIpc) is 2.90. The van der Waals surface area contributed by atoms with Crippen molar-refractivity contribution in [1.29, 1.82) is 0 Å². The molecule has 20 heavy (non-hydrogen) atoms. The Kier molecular flexibility index (Phi) is 5.78. The predicted octanol–water partition coefficient (Wildman–Crippen LogP) is 3.39. The number of halogens is 1. The van der Waals surface area contributed by atoms with Crippen LogP contribution < -0.4 is 10.9 Å². The van der Waals surface area contributed by atoms with Crippen LogP contribution in [0, 0.1) is 0 Å². The van der Waals surface area contributed by atoms with Crippen LogP contribution >= 0.6 is 23.4 Å². The molecule has 0 radical (unpaired) electrons. The van der Waals surface area contributed by atoms with E-state index in [4.69, 9.17) is 11.6 Å². The summed E-state index contributed by atoms with van der Waals surface area (Å²) < 4.78 is 1.46. The molecule has 1 aromatic heterocycles. The van der Waals surface area contributed by atoms with E-state index in [-0.39, 0.29) is 10.6 Å². The number of unbranched alkanes of at least 4 members (excludes halogenated alkanes) is 1. The fourth-order valence-electron chi connectivity index (χ4n) is 2.61. The minimum absolute atomic E-state index is 0.191. The molecule has 0 aliphatic heterocycles. The Morgan fingerprint density at radius 1 is 1.55 bits per heavy atom. The summed E-state index contributed by atoms with van der Waals surface area (Å²) in [5.41, 5.74) is 0.485. The molecule has 0 spiro atoms. The Hall–Kier alpha value is -0.680. The van der Waals surface area contributed by atoms with Crippen molar-refractivity contribution in [3.8, 4) is 0 Å². The smallest absolute Gasteiger partial charge is 0.287 e. The molecule has 1 heterocycles. The molecule has 112 valence electrons. The zero-order valence-corrected chi connectivity index (χ0v) is 13.6. The number of nitrogens with zero attached hydrogens (tertiary/aromatic N) is 2. The first kappa shape index (κ1) is 15.7. The highest BCUT2D eigenvalue weighted by atomic mass is 35.5. The number of hydrogen-bond acceptors (Lipinski definition) is 4. The Bertz CT molecular complexity index is 506. The molecular formula is C14H22ClN3OS. The Labute approximate surface area is 129 Å². The van der Waals surface area contributed by atoms with Crippen molar-refractivity contribution < 1.29 is 0 Å². The summed E-state index contributed by atoms with van der Waals surface area (Å²) in [7, 11) is 0. The van der Waals surface area contributed by atoms with Gasteiger partial charge >= 0.3 is 0 Å². The number of rotatable bonds is 6. The number of aryl methyl sites for hydroxylation is 1. The van der Waals surface area contributed by atoms with Crippen LogP contribution in [-0.4, -0.2) is 27.3 Å². The van der Waals surface area contributed by atoms with Crippen molar-refractivity contribution in [3.05, 3.63) is 21.6 Å². The summed E-state index contributed by atoms with van der Waals surface area (Å²) in [6, 6.07) is 0.384. The summed E-state index contributed by atoms with van der Waals surface area (Å²) in [5.74, 6) is 0. The van der Waals surface area contributed by atoms with E-state index in [0.717, 1.165) is 19.3 Å². The number of nitrogens with one attached hydrogen (secondary N) is 1. The molecule has 6 heteroatoms. The second-order valence-corrected chi connectivity index (χ2v) is 6.66. The lowest BCUT2D eigenvalue weighted by molar-refractivity contribution is 0.543. The van der Waals surface area contributed by atoms with Crippen LogP contribution in [0.25, 0.3) is 0 Å². The van der Waals surface area contributed by atoms with Gasteiger partial charge in [-0.3, -0.25) is 4.79 Å². The van der Waals surface area contributed by atoms with Gasteiger partial charge in [0.25, 0.3) is 5.56 Å². The van der Waals surface area contributed by atoms with Crippen molar-refractivity contribution in [3.63, 3.8) is 0 Å². The predicted molar refractivity (Wildman–Crippen MR) is 87.0 cm³/mol. The van der Waals surface area contributed by atoms with Crippen LogP contribution in [-0.2, 0) is 6.54 Å². The molecule has 0 aromatic carbocycles. The molecule has 2 unspecified atom stereocenters. The molecule has 1 fully saturated rings. The number of hydrogen-bond donors (Lipinski definition) is 1. The fourth-order valence-corrected chi connectivity index (χ4v) is 3.74. The van der Waals surface area contributed by atoms with E-state index < -0.39 is 0 Å². The third kappa shape index (κ3) is 3.50. The first-order valence-corrected chi connectivity index (χ1v) is 8.89. The van der Waals surface area contributed by atoms with Crippen LogP contribution in [0.4, 0.5) is 5.69 Å². The Morgan fingerprint density at radius 3 is 3.05 bits per heavy atom. The van der Waals surface area contributed by atoms with E-state index in [9.17, 15) is 4.79 Å². The SMILES string of the molecule is CCCCn1ncc(NC2CCCC2SC)c(Cl)c1=O. The van der Waals surface area contributed by atoms with Crippen LogP contribution in [0.1, 0.15) is 39.0 Å². The lowest BCUT2D eigenvalue weighted by Crippen LogP contribution is -2.29. The summed E-state index contributed by atoms with van der Waals surface area (Å²) >= 11 is 8.08. The molecule has 1 aliphatic carbocycles. The minimum Gasteiger partial charge on any atom is -0.379 e. The van der Waals surface area contributed by atoms with Crippen LogP contribution in [0.5, 0.6) is 0 Å². The van der Waals surface area contributed by atoms with Gasteiger partial charge in [-0.15, -0.1) is 0 Å². The maximum absolute atomic E-state index is 12.1. The second kappa shape index (κ2) is 7.36. The lowest BCUT2D eigenvalue weighted by atomic mass is 10.2. The molecule has 1 saturated carbocycles. The van der Waals surface area contributed by atoms with E-state index in [0.29, 0.717) is 23.5 Å². The van der Waals surface area contributed by atoms with Gasteiger partial charge in [0.05, 0.1) is 11.9 Å². The van der Waals surface area contributed by atoms with Crippen LogP contribution in [0.2, 0.25) is 5.02 Å². The first-order valence-electron chi connectivity index (χ1n) is 7.22. The number of anilines is 1. The number of thioether (sulfide) groups is 1. The molecule has 1 aliphatic rings. The monoisotopic (exact) mass is 315 g/mol. The average molecular weight is 316 g/mol. The van der Waals surface area contributed by atoms with E-state index in [2.05, 4.69) is 23.6 Å². The molecule has 1 N–H and O–H groups in total. The lowest BCUT2D eigenvalue weighted by Gasteiger charge is -2.21. The van der Waals surface area contributed by atoms with Gasteiger partial charge in [-0.1, -0.05) is 31.4 Å². The summed E-state index contributed by atoms with van der Waals surface area (Å²) in [6.45, 7) is 2.72. The third-order valence-corrected chi connectivity index (χ3v) is 5.34. The van der Waals surface area contributed by atoms with Gasteiger partial charge in [0.2, 0.25) is 0 Å². The highest BCUT2D eigenvalue weighted by Crippen LogP contribution is 2.31. The molecule has 2 rings (SSSR count). The molecule has 2 atom stereocenters. The largest absolute Gasteiger partial charge is 0.379 e. The van der Waals surface area contributed by atoms with Crippen LogP contribution in [0.3, 0.4) is 0 Å². The van der Waals surface area contributed by atoms with Gasteiger partial charge < -0.3 is 5.32 Å². The minimum atomic E-state index is -0.191. The molecular weight excluding hydrogens is 294 g/mol. The Morgan fingerprint density at radius 2 is 2.35 bits per heavy atom. The standard InChI is InChI=1S/C14H22ClN3OS/c1-3-4-8-18-14(19)13(15)11(9-16-18)17-10-6-5-7-12(10)20-2/h9-10,12,17H,3-8H2,1-2H3. The Balaban J connectivity index is 2.13. The fraction of sp³-hybridized carbons (Fsp3) is 0.714. The summed E-state index contributed by atoms with van der Waals surface area (Å²) in [4.78, 5) is 12.1. The van der Waals surface area contributed by atoms with Crippen molar-refractivity contribution in [2.75, 3.05) is 11.6 Å².